The molecule has 0 spiro atoms. The van der Waals surface area contributed by atoms with Crippen LogP contribution in [0.2, 0.25) is 0 Å². The van der Waals surface area contributed by atoms with Crippen LogP contribution in [0, 0.1) is 5.92 Å². The quantitative estimate of drug-likeness (QED) is 0.819. The number of amides is 2. The molecule has 2 N–H and O–H groups in total. The lowest BCUT2D eigenvalue weighted by Gasteiger charge is -2.27. The molecule has 24 heavy (non-hydrogen) atoms. The van der Waals surface area contributed by atoms with Crippen molar-refractivity contribution in [2.75, 3.05) is 31.6 Å². The van der Waals surface area contributed by atoms with Crippen LogP contribution in [0.5, 0.6) is 0 Å². The Balaban J connectivity index is 1.77. The molecule has 0 atom stereocenters. The van der Waals surface area contributed by atoms with Gasteiger partial charge in [0.05, 0.1) is 11.3 Å². The monoisotopic (exact) mass is 391 g/mol. The largest absolute Gasteiger partial charge is 0.444 e. The Morgan fingerprint density at radius 2 is 2.04 bits per heavy atom. The van der Waals surface area contributed by atoms with Crippen LogP contribution in [0.3, 0.4) is 0 Å². The first-order valence-electron chi connectivity index (χ1n) is 7.67. The van der Waals surface area contributed by atoms with E-state index in [2.05, 4.69) is 26.6 Å². The molecular weight excluding hydrogens is 374 g/mol. The molecule has 0 bridgehead atoms. The number of nitrogens with one attached hydrogen (secondary N) is 2. The summed E-state index contributed by atoms with van der Waals surface area (Å²) >= 11 is 3.18. The Morgan fingerprint density at radius 3 is 2.67 bits per heavy atom. The molecule has 6 nitrogen and oxygen atoms in total. The van der Waals surface area contributed by atoms with E-state index in [1.807, 2.05) is 0 Å². The molecule has 1 aliphatic heterocycles. The van der Waals surface area contributed by atoms with Crippen molar-refractivity contribution >= 4 is 33.4 Å². The molecule has 126 valence electrons. The highest BCUT2D eigenvalue weighted by Gasteiger charge is 2.23. The van der Waals surface area contributed by atoms with E-state index in [1.165, 1.54) is 4.90 Å². The zero-order valence-corrected chi connectivity index (χ0v) is 14.8. The molecule has 1 saturated heterocycles. The number of carbonyl (C=O) groups is 2. The summed E-state index contributed by atoms with van der Waals surface area (Å²) in [5.41, 5.74) is 1.01. The van der Waals surface area contributed by atoms with Gasteiger partial charge in [-0.3, -0.25) is 9.59 Å². The zero-order chi connectivity index (χ0) is 17.1. The Bertz CT molecular complexity index is 755. The molecule has 2 aromatic rings. The van der Waals surface area contributed by atoms with Gasteiger partial charge < -0.3 is 20.0 Å². The van der Waals surface area contributed by atoms with Gasteiger partial charge in [-0.15, -0.1) is 0 Å². The van der Waals surface area contributed by atoms with E-state index in [0.717, 1.165) is 13.1 Å². The zero-order valence-electron chi connectivity index (χ0n) is 13.2. The number of hydrogen-bond acceptors (Lipinski definition) is 4. The molecule has 0 aliphatic carbocycles. The molecule has 0 unspecified atom stereocenters. The highest BCUT2D eigenvalue weighted by atomic mass is 79.9. The second kappa shape index (κ2) is 7.19. The van der Waals surface area contributed by atoms with Crippen molar-refractivity contribution in [3.63, 3.8) is 0 Å². The number of rotatable bonds is 5. The van der Waals surface area contributed by atoms with Gasteiger partial charge in [-0.1, -0.05) is 12.1 Å². The van der Waals surface area contributed by atoms with Gasteiger partial charge in [0, 0.05) is 32.6 Å². The number of hydrogen-bond donors (Lipinski definition) is 2. The van der Waals surface area contributed by atoms with Crippen molar-refractivity contribution in [3.8, 4) is 0 Å². The lowest BCUT2D eigenvalue weighted by Crippen LogP contribution is -2.48. The highest BCUT2D eigenvalue weighted by Crippen LogP contribution is 2.23. The van der Waals surface area contributed by atoms with E-state index in [9.17, 15) is 9.59 Å². The molecule has 1 aromatic heterocycles. The van der Waals surface area contributed by atoms with Gasteiger partial charge in [0.15, 0.2) is 10.4 Å². The van der Waals surface area contributed by atoms with Crippen LogP contribution in [0.15, 0.2) is 45.5 Å². The van der Waals surface area contributed by atoms with Crippen LogP contribution in [0.25, 0.3) is 0 Å². The first-order valence-corrected chi connectivity index (χ1v) is 8.47. The SMILES string of the molecule is CN(C(=O)c1ccc(Br)o1)c1ccccc1C(=O)NCC1CNC1. The molecule has 2 amide bonds. The third-order valence-electron chi connectivity index (χ3n) is 4.02. The topological polar surface area (TPSA) is 74.6 Å². The first-order chi connectivity index (χ1) is 11.6. The second-order valence-electron chi connectivity index (χ2n) is 5.72. The predicted octanol–water partition coefficient (Wildman–Crippen LogP) is 2.27. The van der Waals surface area contributed by atoms with E-state index < -0.39 is 0 Å². The summed E-state index contributed by atoms with van der Waals surface area (Å²) in [6, 6.07) is 10.3. The van der Waals surface area contributed by atoms with Crippen molar-refractivity contribution < 1.29 is 14.0 Å². The molecule has 1 aromatic carbocycles. The van der Waals surface area contributed by atoms with E-state index >= 15 is 0 Å². The maximum atomic E-state index is 12.5. The first kappa shape index (κ1) is 16.7. The van der Waals surface area contributed by atoms with Crippen LogP contribution in [0.1, 0.15) is 20.9 Å². The summed E-state index contributed by atoms with van der Waals surface area (Å²) in [5.74, 6) is 0.183. The summed E-state index contributed by atoms with van der Waals surface area (Å²) in [6.45, 7) is 2.48. The summed E-state index contributed by atoms with van der Waals surface area (Å²) in [7, 11) is 1.63. The molecular formula is C17H18BrN3O3. The Kier molecular flexibility index (Phi) is 5.01. The fourth-order valence-electron chi connectivity index (χ4n) is 2.49. The number of para-hydroxylation sites is 1. The molecule has 3 rings (SSSR count). The highest BCUT2D eigenvalue weighted by molar-refractivity contribution is 9.10. The molecule has 1 fully saturated rings. The number of nitrogens with zero attached hydrogens (tertiary/aromatic N) is 1. The average Bonchev–Trinajstić information content (AvgIpc) is 2.98. The Hall–Kier alpha value is -2.12. The van der Waals surface area contributed by atoms with Crippen LogP contribution >= 0.6 is 15.9 Å². The van der Waals surface area contributed by atoms with E-state index in [-0.39, 0.29) is 17.6 Å². The minimum absolute atomic E-state index is 0.183. The van der Waals surface area contributed by atoms with Gasteiger partial charge in [0.25, 0.3) is 11.8 Å². The van der Waals surface area contributed by atoms with Crippen LogP contribution in [0.4, 0.5) is 5.69 Å². The van der Waals surface area contributed by atoms with Crippen molar-refractivity contribution in [1.82, 2.24) is 10.6 Å². The van der Waals surface area contributed by atoms with E-state index in [0.29, 0.717) is 28.4 Å². The van der Waals surface area contributed by atoms with E-state index in [4.69, 9.17) is 4.42 Å². The summed E-state index contributed by atoms with van der Waals surface area (Å²) in [4.78, 5) is 26.4. The number of benzene rings is 1. The lowest BCUT2D eigenvalue weighted by atomic mass is 10.0. The molecule has 7 heteroatoms. The van der Waals surface area contributed by atoms with Gasteiger partial charge in [-0.25, -0.2) is 0 Å². The van der Waals surface area contributed by atoms with Crippen LogP contribution in [-0.2, 0) is 0 Å². The molecule has 1 aliphatic rings. The van der Waals surface area contributed by atoms with Crippen molar-refractivity contribution in [2.45, 2.75) is 0 Å². The summed E-state index contributed by atoms with van der Waals surface area (Å²) < 4.78 is 5.79. The third kappa shape index (κ3) is 3.52. The third-order valence-corrected chi connectivity index (χ3v) is 4.44. The molecule has 0 radical (unpaired) electrons. The second-order valence-corrected chi connectivity index (χ2v) is 6.50. The Morgan fingerprint density at radius 1 is 1.29 bits per heavy atom. The molecule has 2 heterocycles. The molecule has 0 saturated carbocycles. The number of furan rings is 1. The maximum absolute atomic E-state index is 12.5. The predicted molar refractivity (Wildman–Crippen MR) is 94.3 cm³/mol. The standard InChI is InChI=1S/C17H18BrN3O3/c1-21(17(23)14-6-7-15(18)24-14)13-5-3-2-4-12(13)16(22)20-10-11-8-19-9-11/h2-7,11,19H,8-10H2,1H3,(H,20,22). The fourth-order valence-corrected chi connectivity index (χ4v) is 2.79. The number of carbonyl (C=O) groups excluding carboxylic acids is 2. The smallest absolute Gasteiger partial charge is 0.293 e. The lowest BCUT2D eigenvalue weighted by molar-refractivity contribution is 0.0942. The number of halogens is 1. The van der Waals surface area contributed by atoms with Crippen LogP contribution < -0.4 is 15.5 Å². The summed E-state index contributed by atoms with van der Waals surface area (Å²) in [6.07, 6.45) is 0. The van der Waals surface area contributed by atoms with Crippen LogP contribution in [-0.4, -0.2) is 38.5 Å². The minimum atomic E-state index is -0.316. The van der Waals surface area contributed by atoms with Gasteiger partial charge in [-0.05, 0) is 40.2 Å². The van der Waals surface area contributed by atoms with E-state index in [1.54, 1.807) is 43.4 Å². The number of anilines is 1. The maximum Gasteiger partial charge on any atom is 0.293 e. The minimum Gasteiger partial charge on any atom is -0.444 e. The van der Waals surface area contributed by atoms with Gasteiger partial charge in [0.1, 0.15) is 0 Å². The van der Waals surface area contributed by atoms with Gasteiger partial charge in [0.2, 0.25) is 0 Å². The van der Waals surface area contributed by atoms with Crippen molar-refractivity contribution in [1.29, 1.82) is 0 Å². The van der Waals surface area contributed by atoms with Gasteiger partial charge in [-0.2, -0.15) is 0 Å². The summed E-state index contributed by atoms with van der Waals surface area (Å²) in [5, 5.41) is 6.10. The normalized spacial score (nSPS) is 14.1. The van der Waals surface area contributed by atoms with Gasteiger partial charge >= 0.3 is 0 Å². The average molecular weight is 392 g/mol. The van der Waals surface area contributed by atoms with Crippen molar-refractivity contribution in [2.24, 2.45) is 5.92 Å². The fraction of sp³-hybridized carbons (Fsp3) is 0.294. The van der Waals surface area contributed by atoms with Crippen molar-refractivity contribution in [3.05, 3.63) is 52.4 Å². The Labute approximate surface area is 148 Å².